The van der Waals surface area contributed by atoms with E-state index >= 15 is 0 Å². The number of hydrogen-bond acceptors (Lipinski definition) is 4. The van der Waals surface area contributed by atoms with Crippen molar-refractivity contribution in [3.8, 4) is 11.5 Å². The highest BCUT2D eigenvalue weighted by Gasteiger charge is 2.17. The summed E-state index contributed by atoms with van der Waals surface area (Å²) in [5.41, 5.74) is 4.54. The van der Waals surface area contributed by atoms with Gasteiger partial charge < -0.3 is 14.4 Å². The molecule has 0 aromatic heterocycles. The predicted octanol–water partition coefficient (Wildman–Crippen LogP) is 6.96. The monoisotopic (exact) mass is 456 g/mol. The summed E-state index contributed by atoms with van der Waals surface area (Å²) in [6.45, 7) is 20.7. The number of hydrogen-bond donors (Lipinski definition) is 0. The van der Waals surface area contributed by atoms with Crippen molar-refractivity contribution in [2.75, 3.05) is 46.9 Å². The first-order valence-corrected chi connectivity index (χ1v) is 12.9. The normalized spacial score (nSPS) is 14.8. The minimum atomic E-state index is 0.769. The van der Waals surface area contributed by atoms with Gasteiger partial charge in [-0.05, 0) is 60.7 Å². The zero-order valence-electron chi connectivity index (χ0n) is 22.4. The van der Waals surface area contributed by atoms with E-state index in [9.17, 15) is 0 Å². The third-order valence-corrected chi connectivity index (χ3v) is 5.88. The molecule has 0 aliphatic carbocycles. The van der Waals surface area contributed by atoms with E-state index in [1.807, 2.05) is 19.9 Å². The van der Waals surface area contributed by atoms with Crippen molar-refractivity contribution < 1.29 is 9.47 Å². The summed E-state index contributed by atoms with van der Waals surface area (Å²) in [5.74, 6) is 1.60. The fraction of sp³-hybridized carbons (Fsp3) is 0.586. The Hall–Kier alpha value is -2.20. The quantitative estimate of drug-likeness (QED) is 0.317. The van der Waals surface area contributed by atoms with E-state index in [0.29, 0.717) is 0 Å². The number of unbranched alkanes of at least 4 members (excludes halogenated alkanes) is 1. The summed E-state index contributed by atoms with van der Waals surface area (Å²) in [6, 6.07) is 4.22. The SMILES string of the molecule is C=C(/C=C\C(=C/CC)N1CCN(CCCC)CC1)c1cc(CCC)c(OC)c(OC)c1.CC. The Morgan fingerprint density at radius 1 is 0.970 bits per heavy atom. The van der Waals surface area contributed by atoms with Crippen molar-refractivity contribution >= 4 is 5.57 Å². The summed E-state index contributed by atoms with van der Waals surface area (Å²) < 4.78 is 11.2. The molecule has 2 rings (SSSR count). The molecule has 4 nitrogen and oxygen atoms in total. The van der Waals surface area contributed by atoms with Gasteiger partial charge in [-0.2, -0.15) is 0 Å². The van der Waals surface area contributed by atoms with Crippen LogP contribution in [0.5, 0.6) is 11.5 Å². The largest absolute Gasteiger partial charge is 0.493 e. The lowest BCUT2D eigenvalue weighted by molar-refractivity contribution is 0.160. The van der Waals surface area contributed by atoms with Gasteiger partial charge in [0.05, 0.1) is 14.2 Å². The van der Waals surface area contributed by atoms with E-state index in [2.05, 4.69) is 61.4 Å². The molecule has 1 saturated heterocycles. The van der Waals surface area contributed by atoms with Gasteiger partial charge in [0.2, 0.25) is 0 Å². The number of ether oxygens (including phenoxy) is 2. The Labute approximate surface area is 204 Å². The molecule has 0 atom stereocenters. The van der Waals surface area contributed by atoms with Crippen molar-refractivity contribution in [3.63, 3.8) is 0 Å². The summed E-state index contributed by atoms with van der Waals surface area (Å²) in [5, 5.41) is 0. The Morgan fingerprint density at radius 3 is 2.21 bits per heavy atom. The fourth-order valence-electron chi connectivity index (χ4n) is 4.09. The summed E-state index contributed by atoms with van der Waals surface area (Å²) in [7, 11) is 3.40. The number of nitrogens with zero attached hydrogens (tertiary/aromatic N) is 2. The molecule has 0 amide bonds. The van der Waals surface area contributed by atoms with Crippen molar-refractivity contribution in [3.05, 3.63) is 53.8 Å². The number of aryl methyl sites for hydroxylation is 1. The molecule has 33 heavy (non-hydrogen) atoms. The van der Waals surface area contributed by atoms with Gasteiger partial charge in [-0.3, -0.25) is 4.90 Å². The summed E-state index contributed by atoms with van der Waals surface area (Å²) in [6.07, 6.45) is 12.3. The van der Waals surface area contributed by atoms with Gasteiger partial charge in [0, 0.05) is 31.9 Å². The number of rotatable bonds is 12. The molecule has 0 N–H and O–H groups in total. The van der Waals surface area contributed by atoms with Gasteiger partial charge >= 0.3 is 0 Å². The number of benzene rings is 1. The molecular weight excluding hydrogens is 408 g/mol. The second-order valence-electron chi connectivity index (χ2n) is 8.20. The Balaban J connectivity index is 0.00000265. The second-order valence-corrected chi connectivity index (χ2v) is 8.20. The number of allylic oxidation sites excluding steroid dienone is 4. The zero-order chi connectivity index (χ0) is 24.6. The maximum absolute atomic E-state index is 5.60. The van der Waals surface area contributed by atoms with Crippen molar-refractivity contribution in [2.24, 2.45) is 0 Å². The van der Waals surface area contributed by atoms with Crippen LogP contribution in [0, 0.1) is 0 Å². The minimum Gasteiger partial charge on any atom is -0.493 e. The molecule has 1 aromatic rings. The molecule has 1 aliphatic rings. The van der Waals surface area contributed by atoms with Crippen LogP contribution in [0.15, 0.2) is 42.6 Å². The van der Waals surface area contributed by atoms with Crippen LogP contribution in [0.25, 0.3) is 5.57 Å². The maximum Gasteiger partial charge on any atom is 0.163 e. The maximum atomic E-state index is 5.60. The lowest BCUT2D eigenvalue weighted by atomic mass is 9.99. The van der Waals surface area contributed by atoms with E-state index in [0.717, 1.165) is 68.1 Å². The van der Waals surface area contributed by atoms with Crippen LogP contribution in [0.4, 0.5) is 0 Å². The van der Waals surface area contributed by atoms with Gasteiger partial charge in [-0.15, -0.1) is 0 Å². The molecule has 186 valence electrons. The molecule has 1 fully saturated rings. The average molecular weight is 457 g/mol. The van der Waals surface area contributed by atoms with E-state index in [1.54, 1.807) is 14.2 Å². The molecule has 0 saturated carbocycles. The first-order valence-electron chi connectivity index (χ1n) is 12.9. The van der Waals surface area contributed by atoms with E-state index in [-0.39, 0.29) is 0 Å². The molecule has 0 bridgehead atoms. The molecule has 0 unspecified atom stereocenters. The Kier molecular flexibility index (Phi) is 14.3. The standard InChI is InChI=1S/C27H42N2O2.C2H6/c1-7-10-15-28-16-18-29(19-17-28)25(12-9-3)14-13-22(4)24-20-23(11-8-2)27(31-6)26(21-24)30-5;1-2/h12-14,20-21H,4,7-11,15-19H2,1-3,5-6H3;1-2H3/b14-13-,25-12+;. The Bertz CT molecular complexity index is 759. The third-order valence-electron chi connectivity index (χ3n) is 5.88. The van der Waals surface area contributed by atoms with Gasteiger partial charge in [-0.25, -0.2) is 0 Å². The van der Waals surface area contributed by atoms with E-state index in [1.165, 1.54) is 30.6 Å². The van der Waals surface area contributed by atoms with Gasteiger partial charge in [-0.1, -0.05) is 66.2 Å². The molecule has 1 aliphatic heterocycles. The molecule has 0 spiro atoms. The van der Waals surface area contributed by atoms with Crippen LogP contribution < -0.4 is 9.47 Å². The summed E-state index contributed by atoms with van der Waals surface area (Å²) >= 11 is 0. The van der Waals surface area contributed by atoms with Gasteiger partial charge in [0.25, 0.3) is 0 Å². The van der Waals surface area contributed by atoms with Crippen LogP contribution >= 0.6 is 0 Å². The first kappa shape index (κ1) is 28.8. The first-order chi connectivity index (χ1) is 16.1. The van der Waals surface area contributed by atoms with Crippen LogP contribution in [0.3, 0.4) is 0 Å². The van der Waals surface area contributed by atoms with Crippen molar-refractivity contribution in [1.82, 2.24) is 9.80 Å². The molecule has 1 heterocycles. The molecule has 0 radical (unpaired) electrons. The Morgan fingerprint density at radius 2 is 1.67 bits per heavy atom. The van der Waals surface area contributed by atoms with Gasteiger partial charge in [0.15, 0.2) is 11.5 Å². The minimum absolute atomic E-state index is 0.769. The van der Waals surface area contributed by atoms with Crippen molar-refractivity contribution in [1.29, 1.82) is 0 Å². The second kappa shape index (κ2) is 16.4. The third kappa shape index (κ3) is 8.92. The topological polar surface area (TPSA) is 24.9 Å². The highest BCUT2D eigenvalue weighted by Crippen LogP contribution is 2.35. The lowest BCUT2D eigenvalue weighted by Crippen LogP contribution is -2.45. The van der Waals surface area contributed by atoms with E-state index < -0.39 is 0 Å². The molecular formula is C29H48N2O2. The van der Waals surface area contributed by atoms with Crippen LogP contribution in [-0.2, 0) is 6.42 Å². The van der Waals surface area contributed by atoms with Crippen LogP contribution in [0.2, 0.25) is 0 Å². The fourth-order valence-corrected chi connectivity index (χ4v) is 4.09. The highest BCUT2D eigenvalue weighted by molar-refractivity contribution is 5.75. The average Bonchev–Trinajstić information content (AvgIpc) is 2.86. The van der Waals surface area contributed by atoms with Crippen molar-refractivity contribution in [2.45, 2.75) is 66.7 Å². The summed E-state index contributed by atoms with van der Waals surface area (Å²) in [4.78, 5) is 5.10. The lowest BCUT2D eigenvalue weighted by Gasteiger charge is -2.36. The molecule has 1 aromatic carbocycles. The number of piperazine rings is 1. The zero-order valence-corrected chi connectivity index (χ0v) is 22.4. The number of methoxy groups -OCH3 is 2. The van der Waals surface area contributed by atoms with E-state index in [4.69, 9.17) is 9.47 Å². The highest BCUT2D eigenvalue weighted by atomic mass is 16.5. The smallest absolute Gasteiger partial charge is 0.163 e. The van der Waals surface area contributed by atoms with Crippen LogP contribution in [-0.4, -0.2) is 56.7 Å². The van der Waals surface area contributed by atoms with Crippen LogP contribution in [0.1, 0.15) is 71.4 Å². The van der Waals surface area contributed by atoms with Gasteiger partial charge in [0.1, 0.15) is 0 Å². The molecule has 4 heteroatoms. The predicted molar refractivity (Wildman–Crippen MR) is 144 cm³/mol.